The van der Waals surface area contributed by atoms with E-state index in [1.165, 1.54) is 7.11 Å². The van der Waals surface area contributed by atoms with Gasteiger partial charge >= 0.3 is 12.1 Å². The Morgan fingerprint density at radius 3 is 2.21 bits per heavy atom. The molecule has 2 atom stereocenters. The maximum Gasteiger partial charge on any atom is 0.408 e. The van der Waals surface area contributed by atoms with E-state index in [1.807, 2.05) is 59.1 Å². The molecule has 10 heteroatoms. The van der Waals surface area contributed by atoms with Crippen molar-refractivity contribution >= 4 is 35.6 Å². The van der Waals surface area contributed by atoms with Crippen molar-refractivity contribution < 1.29 is 28.7 Å². The first-order chi connectivity index (χ1) is 17.6. The number of carbonyl (C=O) groups is 4. The third kappa shape index (κ3) is 9.85. The Morgan fingerprint density at radius 2 is 1.71 bits per heavy atom. The predicted molar refractivity (Wildman–Crippen MR) is 151 cm³/mol. The lowest BCUT2D eigenvalue weighted by molar-refractivity contribution is -0.150. The molecule has 1 aromatic rings. The molecule has 0 bridgehead atoms. The van der Waals surface area contributed by atoms with Crippen molar-refractivity contribution in [2.45, 2.75) is 91.5 Å². The van der Waals surface area contributed by atoms with Crippen LogP contribution in [0.15, 0.2) is 18.2 Å². The van der Waals surface area contributed by atoms with Crippen molar-refractivity contribution in [1.29, 1.82) is 0 Å². The van der Waals surface area contributed by atoms with Gasteiger partial charge in [-0.2, -0.15) is 11.8 Å². The van der Waals surface area contributed by atoms with E-state index in [0.29, 0.717) is 24.2 Å². The fourth-order valence-electron chi connectivity index (χ4n) is 3.91. The van der Waals surface area contributed by atoms with Gasteiger partial charge in [0.15, 0.2) is 0 Å². The van der Waals surface area contributed by atoms with E-state index >= 15 is 0 Å². The van der Waals surface area contributed by atoms with Crippen LogP contribution >= 0.6 is 11.8 Å². The summed E-state index contributed by atoms with van der Waals surface area (Å²) < 4.78 is 10.1. The molecule has 1 rings (SSSR count). The largest absolute Gasteiger partial charge is 0.468 e. The maximum absolute atomic E-state index is 14.3. The number of thioether (sulfide) groups is 1. The Hall–Kier alpha value is -2.75. The summed E-state index contributed by atoms with van der Waals surface area (Å²) in [5.74, 6) is -0.919. The third-order valence-corrected chi connectivity index (χ3v) is 6.86. The quantitative estimate of drug-likeness (QED) is 0.372. The van der Waals surface area contributed by atoms with Crippen LogP contribution in [0.3, 0.4) is 0 Å². The van der Waals surface area contributed by atoms with Crippen molar-refractivity contribution in [1.82, 2.24) is 15.5 Å². The van der Waals surface area contributed by atoms with E-state index in [1.54, 1.807) is 37.4 Å². The molecule has 0 aliphatic heterocycles. The number of amides is 3. The molecule has 0 aliphatic rings. The van der Waals surface area contributed by atoms with E-state index in [2.05, 4.69) is 10.6 Å². The zero-order valence-electron chi connectivity index (χ0n) is 24.5. The Balaban J connectivity index is 3.67. The van der Waals surface area contributed by atoms with Gasteiger partial charge in [-0.1, -0.05) is 30.7 Å². The molecule has 2 N–H and O–H groups in total. The molecule has 0 saturated carbocycles. The minimum Gasteiger partial charge on any atom is -0.468 e. The van der Waals surface area contributed by atoms with Crippen LogP contribution in [0, 0.1) is 13.8 Å². The molecule has 9 nitrogen and oxygen atoms in total. The summed E-state index contributed by atoms with van der Waals surface area (Å²) in [5.41, 5.74) is 0.948. The third-order valence-electron chi connectivity index (χ3n) is 6.22. The lowest BCUT2D eigenvalue weighted by atomic mass is 9.89. The molecule has 0 fully saturated rings. The number of esters is 1. The van der Waals surface area contributed by atoms with Crippen molar-refractivity contribution in [2.24, 2.45) is 0 Å². The van der Waals surface area contributed by atoms with Crippen LogP contribution in [-0.2, 0) is 23.9 Å². The van der Waals surface area contributed by atoms with Crippen LogP contribution in [0.4, 0.5) is 4.79 Å². The zero-order chi connectivity index (χ0) is 29.3. The second kappa shape index (κ2) is 14.4. The highest BCUT2D eigenvalue weighted by Gasteiger charge is 2.43. The number of benzene rings is 1. The van der Waals surface area contributed by atoms with Crippen molar-refractivity contribution in [2.75, 3.05) is 25.7 Å². The molecule has 0 radical (unpaired) electrons. The van der Waals surface area contributed by atoms with Gasteiger partial charge < -0.3 is 25.0 Å². The van der Waals surface area contributed by atoms with Crippen molar-refractivity contribution in [3.05, 3.63) is 34.9 Å². The van der Waals surface area contributed by atoms with Crippen molar-refractivity contribution in [3.63, 3.8) is 0 Å². The number of methoxy groups -OCH3 is 1. The SMILES string of the molecule is CCC(C)(C)N(C(=O)C(CCSC)NC(=O)OC(C)(C)C)C(C(=O)NCC(=O)OC)c1ccc(C)cc1C. The van der Waals surface area contributed by atoms with Gasteiger partial charge in [0, 0.05) is 5.54 Å². The van der Waals surface area contributed by atoms with Gasteiger partial charge in [-0.15, -0.1) is 0 Å². The van der Waals surface area contributed by atoms with Gasteiger partial charge in [0.05, 0.1) is 7.11 Å². The summed E-state index contributed by atoms with van der Waals surface area (Å²) in [6.45, 7) is 14.4. The molecule has 0 saturated heterocycles. The van der Waals surface area contributed by atoms with Gasteiger partial charge in [-0.05, 0) is 84.4 Å². The summed E-state index contributed by atoms with van der Waals surface area (Å²) in [7, 11) is 1.24. The fraction of sp³-hybridized carbons (Fsp3) is 0.643. The summed E-state index contributed by atoms with van der Waals surface area (Å²) in [6, 6.07) is 3.68. The number of carbonyl (C=O) groups excluding carboxylic acids is 4. The monoisotopic (exact) mass is 551 g/mol. The maximum atomic E-state index is 14.3. The Bertz CT molecular complexity index is 989. The second-order valence-corrected chi connectivity index (χ2v) is 11.9. The lowest BCUT2D eigenvalue weighted by Crippen LogP contribution is -2.59. The van der Waals surface area contributed by atoms with Crippen LogP contribution < -0.4 is 10.6 Å². The molecule has 0 heterocycles. The van der Waals surface area contributed by atoms with Crippen molar-refractivity contribution in [3.8, 4) is 0 Å². The molecule has 1 aromatic carbocycles. The number of alkyl carbamates (subject to hydrolysis) is 1. The van der Waals surface area contributed by atoms with Gasteiger partial charge in [-0.3, -0.25) is 14.4 Å². The van der Waals surface area contributed by atoms with Crippen LogP contribution in [0.1, 0.15) is 77.1 Å². The van der Waals surface area contributed by atoms with E-state index < -0.39 is 47.1 Å². The first kappa shape index (κ1) is 33.3. The second-order valence-electron chi connectivity index (χ2n) is 10.9. The molecule has 0 spiro atoms. The number of hydrogen-bond acceptors (Lipinski definition) is 7. The fourth-order valence-corrected chi connectivity index (χ4v) is 4.39. The molecule has 0 aromatic heterocycles. The van der Waals surface area contributed by atoms with Gasteiger partial charge in [-0.25, -0.2) is 4.79 Å². The molecular weight excluding hydrogens is 506 g/mol. The van der Waals surface area contributed by atoms with Crippen LogP contribution in [0.2, 0.25) is 0 Å². The lowest BCUT2D eigenvalue weighted by Gasteiger charge is -2.45. The first-order valence-corrected chi connectivity index (χ1v) is 14.2. The zero-order valence-corrected chi connectivity index (χ0v) is 25.3. The molecular formula is C28H45N3O6S. The number of nitrogens with one attached hydrogen (secondary N) is 2. The first-order valence-electron chi connectivity index (χ1n) is 12.8. The van der Waals surface area contributed by atoms with E-state index in [-0.39, 0.29) is 6.54 Å². The highest BCUT2D eigenvalue weighted by atomic mass is 32.2. The molecule has 3 amide bonds. The average Bonchev–Trinajstić information content (AvgIpc) is 2.82. The van der Waals surface area contributed by atoms with Crippen LogP contribution in [-0.4, -0.2) is 71.6 Å². The summed E-state index contributed by atoms with van der Waals surface area (Å²) >= 11 is 1.55. The number of nitrogens with zero attached hydrogens (tertiary/aromatic N) is 1. The minimum absolute atomic E-state index is 0.336. The van der Waals surface area contributed by atoms with Gasteiger partial charge in [0.2, 0.25) is 11.8 Å². The summed E-state index contributed by atoms with van der Waals surface area (Å²) in [5, 5.41) is 5.38. The number of aryl methyl sites for hydroxylation is 2. The Kier molecular flexibility index (Phi) is 12.6. The minimum atomic E-state index is -1.06. The molecule has 2 unspecified atom stereocenters. The average molecular weight is 552 g/mol. The predicted octanol–water partition coefficient (Wildman–Crippen LogP) is 4.30. The molecule has 0 aliphatic carbocycles. The summed E-state index contributed by atoms with van der Waals surface area (Å²) in [4.78, 5) is 54.1. The van der Waals surface area contributed by atoms with E-state index in [0.717, 1.165) is 11.1 Å². The highest BCUT2D eigenvalue weighted by molar-refractivity contribution is 7.98. The number of ether oxygens (including phenoxy) is 2. The smallest absolute Gasteiger partial charge is 0.408 e. The van der Waals surface area contributed by atoms with E-state index in [4.69, 9.17) is 9.47 Å². The Labute approximate surface area is 231 Å². The number of hydrogen-bond donors (Lipinski definition) is 2. The number of rotatable bonds is 12. The summed E-state index contributed by atoms with van der Waals surface area (Å²) in [6.07, 6.45) is 2.09. The topological polar surface area (TPSA) is 114 Å². The highest BCUT2D eigenvalue weighted by Crippen LogP contribution is 2.34. The normalized spacial score (nSPS) is 13.2. The molecule has 214 valence electrons. The van der Waals surface area contributed by atoms with Gasteiger partial charge in [0.25, 0.3) is 0 Å². The van der Waals surface area contributed by atoms with Crippen LogP contribution in [0.5, 0.6) is 0 Å². The van der Waals surface area contributed by atoms with Gasteiger partial charge in [0.1, 0.15) is 24.2 Å². The molecule has 38 heavy (non-hydrogen) atoms. The van der Waals surface area contributed by atoms with E-state index in [9.17, 15) is 19.2 Å². The van der Waals surface area contributed by atoms with Crippen LogP contribution in [0.25, 0.3) is 0 Å². The Morgan fingerprint density at radius 1 is 1.08 bits per heavy atom. The standard InChI is InChI=1S/C28H45N3O6S/c1-11-28(7,8)31(25(34)21(14-15-38-10)30-26(35)37-27(4,5)6)23(24(33)29-17-22(32)36-9)20-13-12-18(2)16-19(20)3/h12-13,16,21,23H,11,14-15,17H2,1-10H3,(H,29,33)(H,30,35).